The van der Waals surface area contributed by atoms with Crippen LogP contribution < -0.4 is 20.1 Å². The van der Waals surface area contributed by atoms with Crippen molar-refractivity contribution in [2.75, 3.05) is 32.6 Å². The Balaban J connectivity index is 1.84. The maximum Gasteiger partial charge on any atom is 0.244 e. The van der Waals surface area contributed by atoms with E-state index in [0.29, 0.717) is 40.5 Å². The van der Waals surface area contributed by atoms with Crippen LogP contribution in [0.1, 0.15) is 5.56 Å². The second kappa shape index (κ2) is 9.89. The molecule has 0 aliphatic rings. The molecule has 26 heavy (non-hydrogen) atoms. The van der Waals surface area contributed by atoms with Crippen molar-refractivity contribution in [1.29, 1.82) is 0 Å². The zero-order chi connectivity index (χ0) is 18.9. The van der Waals surface area contributed by atoms with Crippen molar-refractivity contribution in [2.24, 2.45) is 0 Å². The van der Waals surface area contributed by atoms with Crippen LogP contribution in [0.5, 0.6) is 11.5 Å². The second-order valence-corrected chi connectivity index (χ2v) is 5.99. The highest BCUT2D eigenvalue weighted by atomic mass is 35.5. The molecule has 0 saturated heterocycles. The molecule has 0 fully saturated rings. The molecule has 0 atom stereocenters. The van der Waals surface area contributed by atoms with Crippen molar-refractivity contribution < 1.29 is 14.3 Å². The smallest absolute Gasteiger partial charge is 0.244 e. The first kappa shape index (κ1) is 19.9. The molecule has 1 aromatic heterocycles. The molecule has 2 N–H and O–H groups in total. The van der Waals surface area contributed by atoms with Crippen molar-refractivity contribution in [3.8, 4) is 11.5 Å². The predicted octanol–water partition coefficient (Wildman–Crippen LogP) is 3.65. The van der Waals surface area contributed by atoms with Crippen LogP contribution in [-0.2, 0) is 4.79 Å². The van der Waals surface area contributed by atoms with Crippen molar-refractivity contribution in [3.05, 3.63) is 52.1 Å². The van der Waals surface area contributed by atoms with Gasteiger partial charge in [-0.05, 0) is 30.3 Å². The first-order chi connectivity index (χ1) is 12.5. The van der Waals surface area contributed by atoms with Gasteiger partial charge in [0, 0.05) is 30.9 Å². The number of carbonyl (C=O) groups is 1. The number of pyridine rings is 1. The van der Waals surface area contributed by atoms with E-state index in [-0.39, 0.29) is 5.91 Å². The molecule has 2 aromatic rings. The lowest BCUT2D eigenvalue weighted by Crippen LogP contribution is -2.27. The van der Waals surface area contributed by atoms with E-state index in [9.17, 15) is 4.79 Å². The van der Waals surface area contributed by atoms with Crippen LogP contribution in [0.4, 0.5) is 5.82 Å². The number of amides is 1. The number of ether oxygens (including phenoxy) is 2. The molecule has 1 aromatic carbocycles. The summed E-state index contributed by atoms with van der Waals surface area (Å²) in [5, 5.41) is 6.68. The quantitative estimate of drug-likeness (QED) is 0.527. The van der Waals surface area contributed by atoms with Crippen LogP contribution in [0.2, 0.25) is 10.0 Å². The summed E-state index contributed by atoms with van der Waals surface area (Å²) >= 11 is 11.8. The summed E-state index contributed by atoms with van der Waals surface area (Å²) in [6, 6.07) is 6.96. The Morgan fingerprint density at radius 1 is 1.19 bits per heavy atom. The Hall–Kier alpha value is -2.44. The number of nitrogens with one attached hydrogen (secondary N) is 2. The summed E-state index contributed by atoms with van der Waals surface area (Å²) in [4.78, 5) is 16.0. The van der Waals surface area contributed by atoms with E-state index < -0.39 is 0 Å². The highest BCUT2D eigenvalue weighted by Crippen LogP contribution is 2.25. The van der Waals surface area contributed by atoms with E-state index in [0.717, 1.165) is 5.56 Å². The maximum atomic E-state index is 11.9. The summed E-state index contributed by atoms with van der Waals surface area (Å²) in [6.45, 7) is 0.871. The molecule has 0 saturated carbocycles. The molecular weight excluding hydrogens is 377 g/mol. The maximum absolute atomic E-state index is 11.9. The SMILES string of the molecule is COc1ccc(OC)c(/C=C/C(=O)NCCNc2ncc(Cl)cc2Cl)c1. The molecule has 0 spiro atoms. The lowest BCUT2D eigenvalue weighted by atomic mass is 10.1. The Bertz CT molecular complexity index is 797. The van der Waals surface area contributed by atoms with Crippen LogP contribution in [0.3, 0.4) is 0 Å². The lowest BCUT2D eigenvalue weighted by molar-refractivity contribution is -0.116. The number of nitrogens with zero attached hydrogens (tertiary/aromatic N) is 1. The number of methoxy groups -OCH3 is 2. The summed E-state index contributed by atoms with van der Waals surface area (Å²) in [6.07, 6.45) is 4.60. The topological polar surface area (TPSA) is 72.5 Å². The van der Waals surface area contributed by atoms with Crippen LogP contribution in [0, 0.1) is 0 Å². The van der Waals surface area contributed by atoms with Gasteiger partial charge in [0.25, 0.3) is 0 Å². The standard InChI is InChI=1S/C18H19Cl2N3O3/c1-25-14-4-5-16(26-2)12(9-14)3-6-17(24)21-7-8-22-18-15(20)10-13(19)11-23-18/h3-6,9-11H,7-8H2,1-2H3,(H,21,24)(H,22,23)/b6-3+. The van der Waals surface area contributed by atoms with Gasteiger partial charge in [0.15, 0.2) is 0 Å². The van der Waals surface area contributed by atoms with Crippen LogP contribution >= 0.6 is 23.2 Å². The third-order valence-corrected chi connectivity index (χ3v) is 3.87. The van der Waals surface area contributed by atoms with Gasteiger partial charge in [-0.3, -0.25) is 4.79 Å². The van der Waals surface area contributed by atoms with Gasteiger partial charge in [0.2, 0.25) is 5.91 Å². The molecule has 2 rings (SSSR count). The number of rotatable bonds is 8. The fourth-order valence-corrected chi connectivity index (χ4v) is 2.55. The van der Waals surface area contributed by atoms with E-state index in [4.69, 9.17) is 32.7 Å². The normalized spacial score (nSPS) is 10.6. The van der Waals surface area contributed by atoms with E-state index in [2.05, 4.69) is 15.6 Å². The highest BCUT2D eigenvalue weighted by Gasteiger charge is 2.04. The van der Waals surface area contributed by atoms with E-state index >= 15 is 0 Å². The van der Waals surface area contributed by atoms with Crippen LogP contribution in [-0.4, -0.2) is 38.2 Å². The Morgan fingerprint density at radius 3 is 2.69 bits per heavy atom. The van der Waals surface area contributed by atoms with Crippen molar-refractivity contribution in [3.63, 3.8) is 0 Å². The fourth-order valence-electron chi connectivity index (χ4n) is 2.11. The zero-order valence-corrected chi connectivity index (χ0v) is 15.9. The average Bonchev–Trinajstić information content (AvgIpc) is 2.64. The third-order valence-electron chi connectivity index (χ3n) is 3.38. The number of hydrogen-bond acceptors (Lipinski definition) is 5. The van der Waals surface area contributed by atoms with Gasteiger partial charge in [0.1, 0.15) is 17.3 Å². The molecular formula is C18H19Cl2N3O3. The molecule has 138 valence electrons. The van der Waals surface area contributed by atoms with E-state index in [1.54, 1.807) is 44.6 Å². The van der Waals surface area contributed by atoms with Gasteiger partial charge in [-0.15, -0.1) is 0 Å². The zero-order valence-electron chi connectivity index (χ0n) is 14.4. The molecule has 1 amide bonds. The molecule has 8 heteroatoms. The lowest BCUT2D eigenvalue weighted by Gasteiger charge is -2.08. The first-order valence-corrected chi connectivity index (χ1v) is 8.52. The van der Waals surface area contributed by atoms with Crippen LogP contribution in [0.15, 0.2) is 36.5 Å². The molecule has 0 aliphatic carbocycles. The minimum Gasteiger partial charge on any atom is -0.497 e. The summed E-state index contributed by atoms with van der Waals surface area (Å²) in [7, 11) is 3.15. The van der Waals surface area contributed by atoms with E-state index in [1.165, 1.54) is 12.3 Å². The third kappa shape index (κ3) is 5.82. The molecule has 0 unspecified atom stereocenters. The molecule has 0 radical (unpaired) electrons. The molecule has 1 heterocycles. The first-order valence-electron chi connectivity index (χ1n) is 7.76. The van der Waals surface area contributed by atoms with Crippen molar-refractivity contribution in [1.82, 2.24) is 10.3 Å². The summed E-state index contributed by atoms with van der Waals surface area (Å²) in [5.41, 5.74) is 0.747. The number of aromatic nitrogens is 1. The Labute approximate surface area is 162 Å². The minimum absolute atomic E-state index is 0.230. The predicted molar refractivity (Wildman–Crippen MR) is 104 cm³/mol. The van der Waals surface area contributed by atoms with Gasteiger partial charge in [-0.2, -0.15) is 0 Å². The van der Waals surface area contributed by atoms with Gasteiger partial charge < -0.3 is 20.1 Å². The minimum atomic E-state index is -0.230. The summed E-state index contributed by atoms with van der Waals surface area (Å²) < 4.78 is 10.4. The number of carbonyl (C=O) groups excluding carboxylic acids is 1. The number of benzene rings is 1. The largest absolute Gasteiger partial charge is 0.497 e. The van der Waals surface area contributed by atoms with Crippen LogP contribution in [0.25, 0.3) is 6.08 Å². The molecule has 0 bridgehead atoms. The highest BCUT2D eigenvalue weighted by molar-refractivity contribution is 6.35. The van der Waals surface area contributed by atoms with Gasteiger partial charge in [0.05, 0.1) is 24.3 Å². The fraction of sp³-hybridized carbons (Fsp3) is 0.222. The monoisotopic (exact) mass is 395 g/mol. The Morgan fingerprint density at radius 2 is 2.00 bits per heavy atom. The molecule has 6 nitrogen and oxygen atoms in total. The second-order valence-electron chi connectivity index (χ2n) is 5.14. The number of halogens is 2. The van der Waals surface area contributed by atoms with Crippen molar-refractivity contribution in [2.45, 2.75) is 0 Å². The van der Waals surface area contributed by atoms with Crippen molar-refractivity contribution >= 4 is 41.0 Å². The Kier molecular flexibility index (Phi) is 7.56. The van der Waals surface area contributed by atoms with E-state index in [1.807, 2.05) is 0 Å². The number of anilines is 1. The van der Waals surface area contributed by atoms with Gasteiger partial charge in [-0.1, -0.05) is 23.2 Å². The molecule has 0 aliphatic heterocycles. The summed E-state index contributed by atoms with van der Waals surface area (Å²) in [5.74, 6) is 1.62. The average molecular weight is 396 g/mol. The number of hydrogen-bond donors (Lipinski definition) is 2. The van der Waals surface area contributed by atoms with Gasteiger partial charge in [-0.25, -0.2) is 4.98 Å². The van der Waals surface area contributed by atoms with Gasteiger partial charge >= 0.3 is 0 Å².